The van der Waals surface area contributed by atoms with Crippen LogP contribution < -0.4 is 19.5 Å². The van der Waals surface area contributed by atoms with Gasteiger partial charge < -0.3 is 14.8 Å². The summed E-state index contributed by atoms with van der Waals surface area (Å²) in [5, 5.41) is 3.57. The quantitative estimate of drug-likeness (QED) is 0.460. The van der Waals surface area contributed by atoms with Crippen LogP contribution in [0.15, 0.2) is 59.5 Å². The highest BCUT2D eigenvalue weighted by Crippen LogP contribution is 2.37. The summed E-state index contributed by atoms with van der Waals surface area (Å²) in [6.07, 6.45) is 0. The third kappa shape index (κ3) is 5.27. The molecule has 7 nitrogen and oxygen atoms in total. The standard InChI is InChI=1S/C22H20Cl2N2O5S/c1-13-10-16(8-9-18(13)25-22(27)14-4-6-15(23)7-5-14)32(28,29)26-19-12-20(30-2)17(24)11-21(19)31-3/h4-12,26H,1-3H3,(H,25,27). The number of amides is 1. The van der Waals surface area contributed by atoms with Crippen LogP contribution >= 0.6 is 23.2 Å². The van der Waals surface area contributed by atoms with Gasteiger partial charge in [0.15, 0.2) is 0 Å². The molecule has 168 valence electrons. The van der Waals surface area contributed by atoms with E-state index in [2.05, 4.69) is 10.0 Å². The fourth-order valence-corrected chi connectivity index (χ4v) is 4.39. The van der Waals surface area contributed by atoms with Gasteiger partial charge in [0.1, 0.15) is 11.5 Å². The number of benzene rings is 3. The number of hydrogen-bond acceptors (Lipinski definition) is 5. The van der Waals surface area contributed by atoms with Crippen molar-refractivity contribution in [2.24, 2.45) is 0 Å². The Morgan fingerprint density at radius 3 is 2.12 bits per heavy atom. The first-order valence-corrected chi connectivity index (χ1v) is 11.5. The topological polar surface area (TPSA) is 93.7 Å². The molecule has 0 aliphatic carbocycles. The van der Waals surface area contributed by atoms with Gasteiger partial charge in [-0.2, -0.15) is 0 Å². The van der Waals surface area contributed by atoms with Crippen LogP contribution in [0.5, 0.6) is 11.5 Å². The molecule has 1 amide bonds. The van der Waals surface area contributed by atoms with Gasteiger partial charge >= 0.3 is 0 Å². The molecule has 0 heterocycles. The smallest absolute Gasteiger partial charge is 0.262 e. The predicted octanol–water partition coefficient (Wildman–Crippen LogP) is 5.37. The van der Waals surface area contributed by atoms with Gasteiger partial charge in [0.05, 0.1) is 29.8 Å². The van der Waals surface area contributed by atoms with Crippen molar-refractivity contribution in [1.29, 1.82) is 0 Å². The van der Waals surface area contributed by atoms with Gasteiger partial charge in [0.25, 0.3) is 15.9 Å². The first kappa shape index (κ1) is 23.7. The summed E-state index contributed by atoms with van der Waals surface area (Å²) in [7, 11) is -1.14. The van der Waals surface area contributed by atoms with Crippen molar-refractivity contribution in [2.45, 2.75) is 11.8 Å². The Morgan fingerprint density at radius 2 is 1.53 bits per heavy atom. The SMILES string of the molecule is COc1cc(NS(=O)(=O)c2ccc(NC(=O)c3ccc(Cl)cc3)c(C)c2)c(OC)cc1Cl. The number of sulfonamides is 1. The molecular formula is C22H20Cl2N2O5S. The number of anilines is 2. The average Bonchev–Trinajstić information content (AvgIpc) is 2.76. The highest BCUT2D eigenvalue weighted by atomic mass is 35.5. The summed E-state index contributed by atoms with van der Waals surface area (Å²) in [5.74, 6) is 0.195. The number of hydrogen-bond donors (Lipinski definition) is 2. The molecule has 0 aliphatic heterocycles. The molecule has 2 N–H and O–H groups in total. The first-order chi connectivity index (χ1) is 15.1. The van der Waals surface area contributed by atoms with Crippen LogP contribution in [-0.2, 0) is 10.0 Å². The lowest BCUT2D eigenvalue weighted by atomic mass is 10.1. The van der Waals surface area contributed by atoms with E-state index in [1.54, 1.807) is 31.2 Å². The highest BCUT2D eigenvalue weighted by molar-refractivity contribution is 7.92. The Labute approximate surface area is 196 Å². The molecule has 0 atom stereocenters. The molecule has 0 radical (unpaired) electrons. The molecule has 0 aliphatic rings. The summed E-state index contributed by atoms with van der Waals surface area (Å²) >= 11 is 11.9. The zero-order valence-electron chi connectivity index (χ0n) is 17.4. The molecule has 0 bridgehead atoms. The van der Waals surface area contributed by atoms with Gasteiger partial charge in [-0.3, -0.25) is 9.52 Å². The van der Waals surface area contributed by atoms with E-state index in [-0.39, 0.29) is 27.3 Å². The van der Waals surface area contributed by atoms with Gasteiger partial charge in [0.2, 0.25) is 0 Å². The lowest BCUT2D eigenvalue weighted by Gasteiger charge is -2.15. The second-order valence-corrected chi connectivity index (χ2v) is 9.26. The van der Waals surface area contributed by atoms with E-state index in [1.165, 1.54) is 44.6 Å². The van der Waals surface area contributed by atoms with Gasteiger partial charge in [0, 0.05) is 28.4 Å². The minimum absolute atomic E-state index is 0.00969. The molecule has 3 rings (SSSR count). The van der Waals surface area contributed by atoms with Crippen molar-refractivity contribution in [2.75, 3.05) is 24.3 Å². The Morgan fingerprint density at radius 1 is 0.875 bits per heavy atom. The van der Waals surface area contributed by atoms with Crippen LogP contribution in [0.25, 0.3) is 0 Å². The maximum absolute atomic E-state index is 13.0. The summed E-state index contributed by atoms with van der Waals surface area (Å²) in [6, 6.07) is 13.7. The normalized spacial score (nSPS) is 11.0. The van der Waals surface area contributed by atoms with Crippen molar-refractivity contribution in [3.8, 4) is 11.5 Å². The monoisotopic (exact) mass is 494 g/mol. The van der Waals surface area contributed by atoms with Crippen molar-refractivity contribution in [1.82, 2.24) is 0 Å². The third-order valence-electron chi connectivity index (χ3n) is 4.58. The van der Waals surface area contributed by atoms with Gasteiger partial charge in [-0.25, -0.2) is 8.42 Å². The van der Waals surface area contributed by atoms with E-state index in [0.29, 0.717) is 27.6 Å². The van der Waals surface area contributed by atoms with Crippen molar-refractivity contribution >= 4 is 50.5 Å². The second-order valence-electron chi connectivity index (χ2n) is 6.73. The number of rotatable bonds is 7. The van der Waals surface area contributed by atoms with Crippen LogP contribution in [0.1, 0.15) is 15.9 Å². The zero-order chi connectivity index (χ0) is 23.5. The third-order valence-corrected chi connectivity index (χ3v) is 6.49. The number of aryl methyl sites for hydroxylation is 1. The maximum Gasteiger partial charge on any atom is 0.262 e. The lowest BCUT2D eigenvalue weighted by molar-refractivity contribution is 0.102. The van der Waals surface area contributed by atoms with Crippen LogP contribution in [0.3, 0.4) is 0 Å². The summed E-state index contributed by atoms with van der Waals surface area (Å²) in [5.41, 5.74) is 1.65. The molecular weight excluding hydrogens is 475 g/mol. The Bertz CT molecular complexity index is 1260. The highest BCUT2D eigenvalue weighted by Gasteiger charge is 2.20. The molecule has 0 saturated carbocycles. The molecule has 0 spiro atoms. The number of methoxy groups -OCH3 is 2. The number of ether oxygens (including phenoxy) is 2. The predicted molar refractivity (Wildman–Crippen MR) is 126 cm³/mol. The lowest BCUT2D eigenvalue weighted by Crippen LogP contribution is -2.15. The average molecular weight is 495 g/mol. The van der Waals surface area contributed by atoms with Gasteiger partial charge in [-0.15, -0.1) is 0 Å². The van der Waals surface area contributed by atoms with Crippen LogP contribution in [-0.4, -0.2) is 28.5 Å². The second kappa shape index (κ2) is 9.68. The van der Waals surface area contributed by atoms with Gasteiger partial charge in [-0.05, 0) is 55.0 Å². The molecule has 0 aromatic heterocycles. The number of carbonyl (C=O) groups excluding carboxylic acids is 1. The maximum atomic E-state index is 13.0. The zero-order valence-corrected chi connectivity index (χ0v) is 19.7. The molecule has 3 aromatic carbocycles. The van der Waals surface area contributed by atoms with E-state index in [0.717, 1.165) is 0 Å². The number of halogens is 2. The van der Waals surface area contributed by atoms with E-state index >= 15 is 0 Å². The minimum atomic E-state index is -3.96. The number of nitrogens with one attached hydrogen (secondary N) is 2. The largest absolute Gasteiger partial charge is 0.495 e. The summed E-state index contributed by atoms with van der Waals surface area (Å²) in [6.45, 7) is 1.70. The molecule has 32 heavy (non-hydrogen) atoms. The Kier molecular flexibility index (Phi) is 7.18. The fraction of sp³-hybridized carbons (Fsp3) is 0.136. The molecule has 0 saturated heterocycles. The van der Waals surface area contributed by atoms with Crippen LogP contribution in [0, 0.1) is 6.92 Å². The van der Waals surface area contributed by atoms with E-state index in [4.69, 9.17) is 32.7 Å². The molecule has 0 fully saturated rings. The molecule has 3 aromatic rings. The minimum Gasteiger partial charge on any atom is -0.495 e. The Hall–Kier alpha value is -2.94. The van der Waals surface area contributed by atoms with Crippen molar-refractivity contribution in [3.63, 3.8) is 0 Å². The van der Waals surface area contributed by atoms with E-state index < -0.39 is 10.0 Å². The van der Waals surface area contributed by atoms with E-state index in [9.17, 15) is 13.2 Å². The van der Waals surface area contributed by atoms with Crippen LogP contribution in [0.4, 0.5) is 11.4 Å². The van der Waals surface area contributed by atoms with Crippen molar-refractivity contribution in [3.05, 3.63) is 75.8 Å². The number of carbonyl (C=O) groups is 1. The van der Waals surface area contributed by atoms with Crippen molar-refractivity contribution < 1.29 is 22.7 Å². The van der Waals surface area contributed by atoms with E-state index in [1.807, 2.05) is 0 Å². The molecule has 10 heteroatoms. The summed E-state index contributed by atoms with van der Waals surface area (Å²) < 4.78 is 38.8. The summed E-state index contributed by atoms with van der Waals surface area (Å²) in [4.78, 5) is 12.4. The first-order valence-electron chi connectivity index (χ1n) is 9.26. The van der Waals surface area contributed by atoms with Gasteiger partial charge in [-0.1, -0.05) is 23.2 Å². The van der Waals surface area contributed by atoms with Crippen LogP contribution in [0.2, 0.25) is 10.0 Å². The Balaban J connectivity index is 1.85. The molecule has 0 unspecified atom stereocenters. The fourth-order valence-electron chi connectivity index (χ4n) is 2.88.